The largest absolute Gasteiger partial charge is 0.495 e. The fraction of sp³-hybridized carbons (Fsp3) is 0.238. The van der Waals surface area contributed by atoms with Crippen LogP contribution in [0.15, 0.2) is 48.5 Å². The van der Waals surface area contributed by atoms with Gasteiger partial charge in [0, 0.05) is 6.08 Å². The topological polar surface area (TPSA) is 64.6 Å². The normalized spacial score (nSPS) is 12.5. The molecule has 0 radical (unpaired) electrons. The Labute approximate surface area is 166 Å². The third kappa shape index (κ3) is 6.38. The Bertz CT molecular complexity index is 905. The van der Waals surface area contributed by atoms with Crippen LogP contribution in [-0.2, 0) is 20.5 Å². The monoisotopic (exact) mass is 407 g/mol. The van der Waals surface area contributed by atoms with Crippen LogP contribution in [0.5, 0.6) is 5.75 Å². The van der Waals surface area contributed by atoms with Crippen molar-refractivity contribution in [3.8, 4) is 5.75 Å². The molecule has 2 rings (SSSR count). The van der Waals surface area contributed by atoms with Gasteiger partial charge in [0.15, 0.2) is 6.10 Å². The first kappa shape index (κ1) is 22.0. The number of carbonyl (C=O) groups excluding carboxylic acids is 2. The second-order valence-electron chi connectivity index (χ2n) is 6.23. The van der Waals surface area contributed by atoms with Gasteiger partial charge in [0.25, 0.3) is 5.91 Å². The maximum atomic E-state index is 12.5. The summed E-state index contributed by atoms with van der Waals surface area (Å²) in [4.78, 5) is 24.2. The Morgan fingerprint density at radius 3 is 2.34 bits per heavy atom. The van der Waals surface area contributed by atoms with E-state index in [2.05, 4.69) is 5.32 Å². The molecule has 0 aliphatic carbocycles. The average molecular weight is 407 g/mol. The van der Waals surface area contributed by atoms with Crippen LogP contribution < -0.4 is 10.1 Å². The summed E-state index contributed by atoms with van der Waals surface area (Å²) in [6, 6.07) is 9.53. The minimum Gasteiger partial charge on any atom is -0.495 e. The number of hydrogen-bond donors (Lipinski definition) is 1. The molecule has 8 heteroatoms. The molecule has 0 bridgehead atoms. The highest BCUT2D eigenvalue weighted by Gasteiger charge is 2.29. The molecular formula is C21H20F3NO4. The minimum atomic E-state index is -4.43. The van der Waals surface area contributed by atoms with E-state index >= 15 is 0 Å². The zero-order valence-electron chi connectivity index (χ0n) is 16.0. The van der Waals surface area contributed by atoms with E-state index in [-0.39, 0.29) is 0 Å². The van der Waals surface area contributed by atoms with Gasteiger partial charge < -0.3 is 14.8 Å². The number of hydrogen-bond acceptors (Lipinski definition) is 4. The first-order valence-electron chi connectivity index (χ1n) is 8.61. The Hall–Kier alpha value is -3.29. The minimum absolute atomic E-state index is 0.386. The Morgan fingerprint density at radius 2 is 1.76 bits per heavy atom. The number of aryl methyl sites for hydroxylation is 1. The van der Waals surface area contributed by atoms with Crippen LogP contribution in [0.25, 0.3) is 6.08 Å². The highest BCUT2D eigenvalue weighted by Crippen LogP contribution is 2.29. The van der Waals surface area contributed by atoms with Crippen molar-refractivity contribution in [1.29, 1.82) is 0 Å². The summed E-state index contributed by atoms with van der Waals surface area (Å²) >= 11 is 0. The maximum Gasteiger partial charge on any atom is 0.416 e. The number of rotatable bonds is 6. The van der Waals surface area contributed by atoms with E-state index in [0.29, 0.717) is 17.0 Å². The predicted octanol–water partition coefficient (Wildman–Crippen LogP) is 4.61. The zero-order valence-corrected chi connectivity index (χ0v) is 16.0. The van der Waals surface area contributed by atoms with Gasteiger partial charge in [-0.05, 0) is 55.3 Å². The molecule has 0 aliphatic heterocycles. The van der Waals surface area contributed by atoms with Crippen molar-refractivity contribution < 1.29 is 32.2 Å². The number of alkyl halides is 3. The first-order valence-corrected chi connectivity index (χ1v) is 8.61. The van der Waals surface area contributed by atoms with Crippen LogP contribution >= 0.6 is 0 Å². The Morgan fingerprint density at radius 1 is 1.10 bits per heavy atom. The van der Waals surface area contributed by atoms with Crippen LogP contribution in [-0.4, -0.2) is 25.1 Å². The molecule has 0 saturated heterocycles. The molecule has 1 atom stereocenters. The van der Waals surface area contributed by atoms with E-state index in [1.807, 2.05) is 13.0 Å². The SMILES string of the molecule is COc1ccc(C)cc1NC(=O)[C@H](C)OC(=O)/C=C/c1ccc(C(F)(F)F)cc1. The lowest BCUT2D eigenvalue weighted by atomic mass is 10.1. The van der Waals surface area contributed by atoms with Gasteiger partial charge in [0.05, 0.1) is 18.4 Å². The molecule has 0 fully saturated rings. The first-order chi connectivity index (χ1) is 13.6. The number of benzene rings is 2. The van der Waals surface area contributed by atoms with Gasteiger partial charge in [-0.1, -0.05) is 18.2 Å². The molecule has 1 N–H and O–H groups in total. The molecule has 5 nitrogen and oxygen atoms in total. The molecule has 154 valence electrons. The number of amides is 1. The molecule has 29 heavy (non-hydrogen) atoms. The molecule has 1 amide bonds. The van der Waals surface area contributed by atoms with E-state index in [1.54, 1.807) is 12.1 Å². The number of carbonyl (C=O) groups is 2. The smallest absolute Gasteiger partial charge is 0.416 e. The summed E-state index contributed by atoms with van der Waals surface area (Å²) in [5, 5.41) is 2.63. The fourth-order valence-electron chi connectivity index (χ4n) is 2.37. The molecule has 0 aromatic heterocycles. The number of anilines is 1. The van der Waals surface area contributed by atoms with Gasteiger partial charge in [-0.15, -0.1) is 0 Å². The average Bonchev–Trinajstić information content (AvgIpc) is 2.66. The molecule has 0 spiro atoms. The molecule has 0 aliphatic rings. The quantitative estimate of drug-likeness (QED) is 0.561. The van der Waals surface area contributed by atoms with Crippen molar-refractivity contribution in [3.05, 3.63) is 65.2 Å². The second kappa shape index (κ2) is 9.27. The van der Waals surface area contributed by atoms with Crippen LogP contribution in [0.3, 0.4) is 0 Å². The Kier molecular flexibility index (Phi) is 7.03. The zero-order chi connectivity index (χ0) is 21.6. The van der Waals surface area contributed by atoms with Gasteiger partial charge in [0.2, 0.25) is 0 Å². The second-order valence-corrected chi connectivity index (χ2v) is 6.23. The summed E-state index contributed by atoms with van der Waals surface area (Å²) < 4.78 is 47.8. The maximum absolute atomic E-state index is 12.5. The van der Waals surface area contributed by atoms with Crippen LogP contribution in [0, 0.1) is 6.92 Å². The summed E-state index contributed by atoms with van der Waals surface area (Å²) in [6.45, 7) is 3.26. The number of nitrogens with one attached hydrogen (secondary N) is 1. The lowest BCUT2D eigenvalue weighted by molar-refractivity contribution is -0.148. The fourth-order valence-corrected chi connectivity index (χ4v) is 2.37. The van der Waals surface area contributed by atoms with Gasteiger partial charge in [0.1, 0.15) is 5.75 Å². The molecular weight excluding hydrogens is 387 g/mol. The van der Waals surface area contributed by atoms with E-state index in [9.17, 15) is 22.8 Å². The molecule has 2 aromatic rings. The van der Waals surface area contributed by atoms with Crippen LogP contribution in [0.2, 0.25) is 0 Å². The van der Waals surface area contributed by atoms with Crippen LogP contribution in [0.4, 0.5) is 18.9 Å². The third-order valence-corrected chi connectivity index (χ3v) is 3.92. The Balaban J connectivity index is 1.95. The van der Waals surface area contributed by atoms with Crippen molar-refractivity contribution >= 4 is 23.6 Å². The van der Waals surface area contributed by atoms with E-state index in [1.165, 1.54) is 32.2 Å². The van der Waals surface area contributed by atoms with Crippen LogP contribution in [0.1, 0.15) is 23.6 Å². The van der Waals surface area contributed by atoms with Gasteiger partial charge >= 0.3 is 12.1 Å². The number of halogens is 3. The summed E-state index contributed by atoms with van der Waals surface area (Å²) in [5.41, 5.74) is 0.955. The number of esters is 1. The van der Waals surface area contributed by atoms with Gasteiger partial charge in [-0.2, -0.15) is 13.2 Å². The van der Waals surface area contributed by atoms with Crippen molar-refractivity contribution in [1.82, 2.24) is 0 Å². The van der Waals surface area contributed by atoms with Gasteiger partial charge in [-0.25, -0.2) is 4.79 Å². The summed E-state index contributed by atoms with van der Waals surface area (Å²) in [7, 11) is 1.47. The standard InChI is InChI=1S/C21H20F3NO4/c1-13-4-10-18(28-3)17(12-13)25-20(27)14(2)29-19(26)11-7-15-5-8-16(9-6-15)21(22,23)24/h4-12,14H,1-3H3,(H,25,27)/b11-7+/t14-/m0/s1. The number of ether oxygens (including phenoxy) is 2. The predicted molar refractivity (Wildman–Crippen MR) is 102 cm³/mol. The lowest BCUT2D eigenvalue weighted by Gasteiger charge is -2.15. The lowest BCUT2D eigenvalue weighted by Crippen LogP contribution is -2.29. The molecule has 2 aromatic carbocycles. The third-order valence-electron chi connectivity index (χ3n) is 3.92. The van der Waals surface area contributed by atoms with E-state index in [4.69, 9.17) is 9.47 Å². The summed E-state index contributed by atoms with van der Waals surface area (Å²) in [6.07, 6.45) is -3.18. The van der Waals surface area contributed by atoms with Crippen molar-refractivity contribution in [2.45, 2.75) is 26.1 Å². The van der Waals surface area contributed by atoms with Crippen molar-refractivity contribution in [3.63, 3.8) is 0 Å². The van der Waals surface area contributed by atoms with Crippen molar-refractivity contribution in [2.75, 3.05) is 12.4 Å². The number of methoxy groups -OCH3 is 1. The highest BCUT2D eigenvalue weighted by molar-refractivity contribution is 5.97. The molecule has 0 saturated carbocycles. The van der Waals surface area contributed by atoms with E-state index in [0.717, 1.165) is 23.8 Å². The van der Waals surface area contributed by atoms with Crippen molar-refractivity contribution in [2.24, 2.45) is 0 Å². The van der Waals surface area contributed by atoms with Gasteiger partial charge in [-0.3, -0.25) is 4.79 Å². The van der Waals surface area contributed by atoms with E-state index < -0.39 is 29.7 Å². The molecule has 0 unspecified atom stereocenters. The molecule has 0 heterocycles. The summed E-state index contributed by atoms with van der Waals surface area (Å²) in [5.74, 6) is -0.890. The highest BCUT2D eigenvalue weighted by atomic mass is 19.4.